The van der Waals surface area contributed by atoms with Gasteiger partial charge in [0.15, 0.2) is 0 Å². The molecule has 5 aromatic carbocycles. The van der Waals surface area contributed by atoms with Crippen molar-refractivity contribution in [2.45, 2.75) is 34.6 Å². The van der Waals surface area contributed by atoms with Gasteiger partial charge in [0.2, 0.25) is 0 Å². The van der Waals surface area contributed by atoms with Gasteiger partial charge in [0.05, 0.1) is 0 Å². The zero-order valence-corrected chi connectivity index (χ0v) is 28.4. The van der Waals surface area contributed by atoms with Crippen molar-refractivity contribution in [3.05, 3.63) is 161 Å². The normalized spacial score (nSPS) is 13.5. The van der Waals surface area contributed by atoms with Gasteiger partial charge < -0.3 is 24.8 Å². The number of fused-ring (bicyclic) bond motifs is 1. The van der Waals surface area contributed by atoms with E-state index in [1.165, 1.54) is 82.8 Å². The fourth-order valence-electron chi connectivity index (χ4n) is 4.79. The minimum absolute atomic E-state index is 0. The van der Waals surface area contributed by atoms with E-state index in [0.29, 0.717) is 5.92 Å². The first-order valence-corrected chi connectivity index (χ1v) is 14.8. The Hall–Kier alpha value is -2.70. The van der Waals surface area contributed by atoms with Gasteiger partial charge in [0, 0.05) is 0 Å². The Balaban J connectivity index is 0.000000218. The summed E-state index contributed by atoms with van der Waals surface area (Å²) in [6.07, 6.45) is 3.36. The molecule has 1 unspecified atom stereocenters. The first-order chi connectivity index (χ1) is 18.8. The van der Waals surface area contributed by atoms with Crippen LogP contribution in [0, 0.1) is 18.9 Å². The molecule has 3 heteroatoms. The predicted molar refractivity (Wildman–Crippen MR) is 166 cm³/mol. The second-order valence-corrected chi connectivity index (χ2v) is 11.3. The number of halogens is 2. The van der Waals surface area contributed by atoms with Crippen molar-refractivity contribution in [1.29, 1.82) is 0 Å². The molecule has 1 atom stereocenters. The Morgan fingerprint density at radius 3 is 1.63 bits per heavy atom. The fraction of sp³-hybridized carbons (Fsp3) is 0.158. The van der Waals surface area contributed by atoms with Crippen molar-refractivity contribution in [1.82, 2.24) is 0 Å². The van der Waals surface area contributed by atoms with Crippen LogP contribution in [0.1, 0.15) is 44.4 Å². The molecule has 41 heavy (non-hydrogen) atoms. The molecule has 0 heterocycles. The van der Waals surface area contributed by atoms with E-state index in [0.717, 1.165) is 0 Å². The molecule has 5 aromatic rings. The van der Waals surface area contributed by atoms with Crippen LogP contribution in [0.5, 0.6) is 0 Å². The van der Waals surface area contributed by atoms with Crippen molar-refractivity contribution >= 4 is 14.0 Å². The van der Waals surface area contributed by atoms with Crippen LogP contribution < -0.4 is 24.8 Å². The maximum absolute atomic E-state index is 3.36. The molecular formula is C38H36Cl2Zr-2. The van der Waals surface area contributed by atoms with Crippen LogP contribution >= 0.6 is 0 Å². The van der Waals surface area contributed by atoms with Crippen molar-refractivity contribution in [3.8, 4) is 11.1 Å². The average Bonchev–Trinajstić information content (AvgIpc) is 3.47. The third-order valence-corrected chi connectivity index (χ3v) is 8.76. The SMILES string of the molecule is CC1=[C-]C(C)C(C)=C1C.Cc1cc2c(-c3ccccc3)cccc2[cH-]1.[Cl-].[Cl-].[Zr+2]=[C](c1ccccc1)c1ccccc1. The summed E-state index contributed by atoms with van der Waals surface area (Å²) in [6, 6.07) is 42.7. The van der Waals surface area contributed by atoms with Gasteiger partial charge in [-0.1, -0.05) is 75.6 Å². The molecule has 0 spiro atoms. The molecule has 0 amide bonds. The molecule has 0 bridgehead atoms. The maximum atomic E-state index is 3.36. The average molecular weight is 655 g/mol. The van der Waals surface area contributed by atoms with Crippen LogP contribution in [0.25, 0.3) is 21.9 Å². The number of hydrogen-bond donors (Lipinski definition) is 0. The molecule has 1 aliphatic carbocycles. The van der Waals surface area contributed by atoms with E-state index in [1.54, 1.807) is 0 Å². The van der Waals surface area contributed by atoms with Gasteiger partial charge in [-0.05, 0) is 5.56 Å². The fourth-order valence-corrected chi connectivity index (χ4v) is 5.61. The number of aryl methyl sites for hydroxylation is 1. The van der Waals surface area contributed by atoms with E-state index >= 15 is 0 Å². The minimum atomic E-state index is 0. The van der Waals surface area contributed by atoms with Gasteiger partial charge in [0.25, 0.3) is 0 Å². The summed E-state index contributed by atoms with van der Waals surface area (Å²) < 4.78 is 1.42. The number of benzene rings is 4. The standard InChI is InChI=1S/C16H13.C13H10.C9H13.2ClH.Zr/c1-12-10-14-8-5-9-15(16(14)11-12)13-6-3-2-4-7-13;1-3-7-12(8-4-1)11-13-9-5-2-6-10-13;1-6-5-7(2)9(4)8(6)3;;;/h2-11H,1H3;1-10H;6H,1-4H3;2*1H;/q-1;;-1;;;+2/p-2. The number of rotatable bonds is 3. The van der Waals surface area contributed by atoms with Crippen molar-refractivity contribution in [2.75, 3.05) is 0 Å². The summed E-state index contributed by atoms with van der Waals surface area (Å²) in [5.41, 5.74) is 10.9. The summed E-state index contributed by atoms with van der Waals surface area (Å²) in [6.45, 7) is 10.8. The molecule has 0 saturated heterocycles. The quantitative estimate of drug-likeness (QED) is 0.258. The Labute approximate surface area is 273 Å². The first kappa shape index (κ1) is 34.5. The molecular weight excluding hydrogens is 619 g/mol. The molecule has 0 aromatic heterocycles. The summed E-state index contributed by atoms with van der Waals surface area (Å²) in [5.74, 6) is 0.560. The monoisotopic (exact) mass is 652 g/mol. The van der Waals surface area contributed by atoms with Gasteiger partial charge in [-0.2, -0.15) is 17.2 Å². The molecule has 208 valence electrons. The van der Waals surface area contributed by atoms with Gasteiger partial charge >= 0.3 is 99.2 Å². The van der Waals surface area contributed by atoms with Gasteiger partial charge in [-0.3, -0.25) is 6.08 Å². The van der Waals surface area contributed by atoms with Crippen molar-refractivity contribution in [2.24, 2.45) is 5.92 Å². The van der Waals surface area contributed by atoms with Crippen LogP contribution in [0.4, 0.5) is 0 Å². The van der Waals surface area contributed by atoms with Crippen LogP contribution in [-0.4, -0.2) is 3.21 Å². The summed E-state index contributed by atoms with van der Waals surface area (Å²) in [7, 11) is 0. The predicted octanol–water partition coefficient (Wildman–Crippen LogP) is 4.07. The zero-order valence-electron chi connectivity index (χ0n) is 24.4. The zero-order chi connectivity index (χ0) is 27.8. The van der Waals surface area contributed by atoms with Crippen molar-refractivity contribution < 1.29 is 49.0 Å². The van der Waals surface area contributed by atoms with Crippen molar-refractivity contribution in [3.63, 3.8) is 0 Å². The topological polar surface area (TPSA) is 0 Å². The Morgan fingerprint density at radius 2 is 1.20 bits per heavy atom. The first-order valence-electron chi connectivity index (χ1n) is 13.5. The van der Waals surface area contributed by atoms with Gasteiger partial charge in [-0.15, -0.1) is 41.5 Å². The molecule has 0 aliphatic heterocycles. The van der Waals surface area contributed by atoms with E-state index < -0.39 is 0 Å². The number of allylic oxidation sites excluding steroid dienone is 4. The summed E-state index contributed by atoms with van der Waals surface area (Å²) in [5, 5.41) is 2.69. The molecule has 6 rings (SSSR count). The van der Waals surface area contributed by atoms with E-state index in [4.69, 9.17) is 0 Å². The summed E-state index contributed by atoms with van der Waals surface area (Å²) >= 11 is 1.46. The van der Waals surface area contributed by atoms with E-state index in [-0.39, 0.29) is 24.8 Å². The third-order valence-electron chi connectivity index (χ3n) is 7.34. The Kier molecular flexibility index (Phi) is 14.0. The third kappa shape index (κ3) is 9.14. The van der Waals surface area contributed by atoms with E-state index in [9.17, 15) is 0 Å². The second-order valence-electron chi connectivity index (χ2n) is 10.1. The van der Waals surface area contributed by atoms with Gasteiger partial charge in [0.1, 0.15) is 0 Å². The van der Waals surface area contributed by atoms with Gasteiger partial charge in [-0.25, -0.2) is 5.57 Å². The van der Waals surface area contributed by atoms with E-state index in [2.05, 4.69) is 162 Å². The van der Waals surface area contributed by atoms with E-state index in [1.807, 2.05) is 0 Å². The van der Waals surface area contributed by atoms with Crippen LogP contribution in [0.2, 0.25) is 0 Å². The Morgan fingerprint density at radius 1 is 0.683 bits per heavy atom. The molecule has 0 fully saturated rings. The van der Waals surface area contributed by atoms with Crippen LogP contribution in [-0.2, 0) is 24.2 Å². The van der Waals surface area contributed by atoms with Crippen LogP contribution in [0.15, 0.2) is 138 Å². The molecule has 0 saturated carbocycles. The molecule has 1 aliphatic rings. The molecule has 0 radical (unpaired) electrons. The molecule has 0 N–H and O–H groups in total. The molecule has 0 nitrogen and oxygen atoms in total. The summed E-state index contributed by atoms with van der Waals surface area (Å²) in [4.78, 5) is 0. The Bertz CT molecular complexity index is 1550. The van der Waals surface area contributed by atoms with Crippen LogP contribution in [0.3, 0.4) is 0 Å². The second kappa shape index (κ2) is 16.7. The number of hydrogen-bond acceptors (Lipinski definition) is 0.